The second-order valence-corrected chi connectivity index (χ2v) is 9.22. The first-order valence-corrected chi connectivity index (χ1v) is 12.4. The van der Waals surface area contributed by atoms with Crippen molar-refractivity contribution in [2.24, 2.45) is 0 Å². The maximum Gasteiger partial charge on any atom is 0.268 e. The van der Waals surface area contributed by atoms with Gasteiger partial charge in [-0.15, -0.1) is 0 Å². The molecule has 2 heterocycles. The van der Waals surface area contributed by atoms with Crippen molar-refractivity contribution in [1.29, 1.82) is 0 Å². The lowest BCUT2D eigenvalue weighted by molar-refractivity contribution is -0.150. The number of hydrogen-bond acceptors (Lipinski definition) is 5. The molecule has 1 N–H and O–H groups in total. The Bertz CT molecular complexity index is 1170. The van der Waals surface area contributed by atoms with Crippen molar-refractivity contribution in [2.75, 3.05) is 6.61 Å². The highest BCUT2D eigenvalue weighted by Gasteiger charge is 2.40. The second kappa shape index (κ2) is 10.8. The maximum atomic E-state index is 13.9. The van der Waals surface area contributed by atoms with Crippen LogP contribution in [0.3, 0.4) is 0 Å². The monoisotopic (exact) mass is 492 g/mol. The fraction of sp³-hybridized carbons (Fsp3) is 0.357. The number of nitrogens with zero attached hydrogens (tertiary/aromatic N) is 1. The third-order valence-electron chi connectivity index (χ3n) is 6.66. The predicted octanol–water partition coefficient (Wildman–Crippen LogP) is 4.78. The molecule has 1 aliphatic heterocycles. The van der Waals surface area contributed by atoms with Crippen molar-refractivity contribution in [3.63, 3.8) is 0 Å². The van der Waals surface area contributed by atoms with Gasteiger partial charge < -0.3 is 24.1 Å². The molecule has 8 heteroatoms. The first-order valence-electron chi connectivity index (χ1n) is 12.4. The Morgan fingerprint density at radius 1 is 0.972 bits per heavy atom. The van der Waals surface area contributed by atoms with Crippen LogP contribution in [0.5, 0.6) is 11.5 Å². The van der Waals surface area contributed by atoms with Crippen LogP contribution in [0.1, 0.15) is 49.5 Å². The number of hydrogen-bond donors (Lipinski definition) is 1. The van der Waals surface area contributed by atoms with E-state index in [0.29, 0.717) is 22.8 Å². The molecule has 2 aliphatic rings. The fourth-order valence-corrected chi connectivity index (χ4v) is 4.81. The minimum absolute atomic E-state index is 0.00484. The first-order chi connectivity index (χ1) is 17.6. The lowest BCUT2D eigenvalue weighted by atomic mass is 9.95. The molecule has 3 aromatic rings. The van der Waals surface area contributed by atoms with E-state index in [1.165, 1.54) is 23.3 Å². The Balaban J connectivity index is 1.46. The van der Waals surface area contributed by atoms with Crippen LogP contribution in [-0.2, 0) is 16.1 Å². The highest BCUT2D eigenvalue weighted by Crippen LogP contribution is 2.33. The van der Waals surface area contributed by atoms with Gasteiger partial charge in [0.15, 0.2) is 17.5 Å². The molecule has 1 fully saturated rings. The topological polar surface area (TPSA) is 81.0 Å². The summed E-state index contributed by atoms with van der Waals surface area (Å²) in [6.07, 6.45) is 5.59. The van der Waals surface area contributed by atoms with Gasteiger partial charge in [-0.25, -0.2) is 4.39 Å². The van der Waals surface area contributed by atoms with E-state index >= 15 is 0 Å². The SMILES string of the molecule is O=C(NC1CCCCC1)[C@H](c1ccco1)N(Cc1ccc(F)cc1)C(=O)[C@H]1COc2ccccc2O1. The van der Waals surface area contributed by atoms with Crippen molar-refractivity contribution in [2.45, 2.75) is 56.8 Å². The molecule has 0 bridgehead atoms. The molecule has 1 aromatic heterocycles. The van der Waals surface area contributed by atoms with E-state index in [2.05, 4.69) is 5.32 Å². The van der Waals surface area contributed by atoms with Crippen molar-refractivity contribution in [3.8, 4) is 11.5 Å². The number of nitrogens with one attached hydrogen (secondary N) is 1. The lowest BCUT2D eigenvalue weighted by Crippen LogP contribution is -2.52. The van der Waals surface area contributed by atoms with Crippen molar-refractivity contribution >= 4 is 11.8 Å². The summed E-state index contributed by atoms with van der Waals surface area (Å²) in [4.78, 5) is 29.1. The van der Waals surface area contributed by atoms with Crippen LogP contribution in [0.4, 0.5) is 4.39 Å². The maximum absolute atomic E-state index is 13.9. The van der Waals surface area contributed by atoms with Gasteiger partial charge in [0, 0.05) is 12.6 Å². The Morgan fingerprint density at radius 3 is 2.44 bits per heavy atom. The zero-order valence-electron chi connectivity index (χ0n) is 19.9. The molecule has 0 saturated heterocycles. The van der Waals surface area contributed by atoms with E-state index in [9.17, 15) is 14.0 Å². The van der Waals surface area contributed by atoms with Crippen LogP contribution in [-0.4, -0.2) is 35.5 Å². The van der Waals surface area contributed by atoms with Gasteiger partial charge in [0.2, 0.25) is 6.10 Å². The molecule has 2 amide bonds. The van der Waals surface area contributed by atoms with Crippen LogP contribution in [0.15, 0.2) is 71.3 Å². The number of amides is 2. The summed E-state index contributed by atoms with van der Waals surface area (Å²) in [5.74, 6) is 0.249. The molecule has 2 aromatic carbocycles. The van der Waals surface area contributed by atoms with Gasteiger partial charge >= 0.3 is 0 Å². The van der Waals surface area contributed by atoms with Gasteiger partial charge in [-0.05, 0) is 54.8 Å². The van der Waals surface area contributed by atoms with E-state index < -0.39 is 18.1 Å². The van der Waals surface area contributed by atoms with Gasteiger partial charge in [-0.1, -0.05) is 43.5 Å². The van der Waals surface area contributed by atoms with Gasteiger partial charge in [0.1, 0.15) is 18.2 Å². The van der Waals surface area contributed by atoms with E-state index in [-0.39, 0.29) is 30.9 Å². The number of para-hydroxylation sites is 2. The largest absolute Gasteiger partial charge is 0.485 e. The van der Waals surface area contributed by atoms with Crippen LogP contribution in [0.25, 0.3) is 0 Å². The van der Waals surface area contributed by atoms with Gasteiger partial charge in [-0.2, -0.15) is 0 Å². The van der Waals surface area contributed by atoms with Gasteiger partial charge in [0.05, 0.1) is 6.26 Å². The smallest absolute Gasteiger partial charge is 0.268 e. The molecular weight excluding hydrogens is 463 g/mol. The van der Waals surface area contributed by atoms with E-state index in [1.54, 1.807) is 42.5 Å². The van der Waals surface area contributed by atoms with Crippen molar-refractivity contribution in [3.05, 3.63) is 84.1 Å². The zero-order chi connectivity index (χ0) is 24.9. The average Bonchev–Trinajstić information content (AvgIpc) is 3.44. The Morgan fingerprint density at radius 2 is 1.72 bits per heavy atom. The highest BCUT2D eigenvalue weighted by molar-refractivity contribution is 5.90. The molecule has 188 valence electrons. The fourth-order valence-electron chi connectivity index (χ4n) is 4.81. The van der Waals surface area contributed by atoms with Gasteiger partial charge in [-0.3, -0.25) is 9.59 Å². The van der Waals surface area contributed by atoms with Crippen LogP contribution in [0.2, 0.25) is 0 Å². The Labute approximate surface area is 209 Å². The number of ether oxygens (including phenoxy) is 2. The molecule has 1 saturated carbocycles. The van der Waals surface area contributed by atoms with Crippen molar-refractivity contribution < 1.29 is 27.9 Å². The second-order valence-electron chi connectivity index (χ2n) is 9.22. The molecule has 5 rings (SSSR count). The number of benzene rings is 2. The standard InChI is InChI=1S/C28H29FN2O5/c29-20-14-12-19(13-15-20)17-31(28(33)25-18-35-22-9-4-5-10-23(22)36-25)26(24-11-6-16-34-24)27(32)30-21-7-2-1-3-8-21/h4-6,9-16,21,25-26H,1-3,7-8,17-18H2,(H,30,32)/t25-,26+/m1/s1. The predicted molar refractivity (Wildman–Crippen MR) is 130 cm³/mol. The minimum atomic E-state index is -1.03. The third-order valence-corrected chi connectivity index (χ3v) is 6.66. The molecular formula is C28H29FN2O5. The summed E-state index contributed by atoms with van der Waals surface area (Å²) in [5.41, 5.74) is 0.670. The zero-order valence-corrected chi connectivity index (χ0v) is 19.9. The molecule has 0 unspecified atom stereocenters. The van der Waals surface area contributed by atoms with Crippen molar-refractivity contribution in [1.82, 2.24) is 10.2 Å². The molecule has 36 heavy (non-hydrogen) atoms. The van der Waals surface area contributed by atoms with E-state index in [4.69, 9.17) is 13.9 Å². The summed E-state index contributed by atoms with van der Waals surface area (Å²) >= 11 is 0. The summed E-state index contributed by atoms with van der Waals surface area (Å²) in [6.45, 7) is 0.0644. The summed E-state index contributed by atoms with van der Waals surface area (Å²) in [6, 6.07) is 15.4. The van der Waals surface area contributed by atoms with Crippen LogP contribution >= 0.6 is 0 Å². The van der Waals surface area contributed by atoms with E-state index in [0.717, 1.165) is 32.1 Å². The number of fused-ring (bicyclic) bond motifs is 1. The lowest BCUT2D eigenvalue weighted by Gasteiger charge is -2.35. The normalized spacial score (nSPS) is 18.3. The number of rotatable bonds is 7. The molecule has 7 nitrogen and oxygen atoms in total. The highest BCUT2D eigenvalue weighted by atomic mass is 19.1. The summed E-state index contributed by atoms with van der Waals surface area (Å²) in [7, 11) is 0. The van der Waals surface area contributed by atoms with E-state index in [1.807, 2.05) is 6.07 Å². The Kier molecular flexibility index (Phi) is 7.21. The summed E-state index contributed by atoms with van der Waals surface area (Å²) in [5, 5.41) is 3.13. The molecule has 2 atom stereocenters. The molecule has 0 spiro atoms. The third kappa shape index (κ3) is 5.37. The number of halogens is 1. The van der Waals surface area contributed by atoms with Gasteiger partial charge in [0.25, 0.3) is 11.8 Å². The number of carbonyl (C=O) groups excluding carboxylic acids is 2. The quantitative estimate of drug-likeness (QED) is 0.514. The molecule has 0 radical (unpaired) electrons. The molecule has 1 aliphatic carbocycles. The van der Waals surface area contributed by atoms with Crippen LogP contribution in [0, 0.1) is 5.82 Å². The average molecular weight is 493 g/mol. The summed E-state index contributed by atoms with van der Waals surface area (Å²) < 4.78 is 31.0. The van der Waals surface area contributed by atoms with Crippen LogP contribution < -0.4 is 14.8 Å². The number of carbonyl (C=O) groups is 2. The minimum Gasteiger partial charge on any atom is -0.485 e. The number of furan rings is 1. The first kappa shape index (κ1) is 23.9. The Hall–Kier alpha value is -3.81.